The first-order valence-electron chi connectivity index (χ1n) is 7.75. The lowest BCUT2D eigenvalue weighted by atomic mass is 10.2. The molecule has 0 saturated heterocycles. The van der Waals surface area contributed by atoms with Crippen molar-refractivity contribution < 1.29 is 14.0 Å². The highest BCUT2D eigenvalue weighted by Gasteiger charge is 2.16. The topological polar surface area (TPSA) is 45.9 Å². The molecule has 21 heavy (non-hydrogen) atoms. The molecule has 0 bridgehead atoms. The van der Waals surface area contributed by atoms with Gasteiger partial charge in [-0.1, -0.05) is 26.7 Å². The van der Waals surface area contributed by atoms with E-state index in [0.717, 1.165) is 30.5 Å². The number of hydroxylamine groups is 2. The number of amides is 1. The number of carbonyl (C=O) groups is 1. The van der Waals surface area contributed by atoms with Crippen LogP contribution in [-0.2, 0) is 11.4 Å². The third-order valence-corrected chi connectivity index (χ3v) is 3.47. The average molecular weight is 296 g/mol. The van der Waals surface area contributed by atoms with Gasteiger partial charge in [-0.05, 0) is 38.1 Å². The summed E-state index contributed by atoms with van der Waals surface area (Å²) >= 11 is 0. The fourth-order valence-corrected chi connectivity index (χ4v) is 2.07. The highest BCUT2D eigenvalue weighted by Crippen LogP contribution is 2.13. The van der Waals surface area contributed by atoms with Crippen molar-refractivity contribution in [2.45, 2.75) is 46.1 Å². The normalized spacial score (nSPS) is 11.1. The minimum atomic E-state index is -0.266. The Morgan fingerprint density at radius 1 is 1.19 bits per heavy atom. The molecule has 0 aliphatic heterocycles. The van der Waals surface area contributed by atoms with Crippen LogP contribution in [0.25, 0.3) is 0 Å². The average Bonchev–Trinajstić information content (AvgIpc) is 2.96. The van der Waals surface area contributed by atoms with Crippen LogP contribution >= 0.6 is 0 Å². The number of rotatable bonds is 10. The molecule has 0 spiro atoms. The number of unbranched alkanes of at least 4 members (excludes halogenated alkanes) is 2. The van der Waals surface area contributed by atoms with Crippen molar-refractivity contribution >= 4 is 5.91 Å². The molecule has 0 aliphatic carbocycles. The van der Waals surface area contributed by atoms with Gasteiger partial charge in [0.15, 0.2) is 5.76 Å². The molecule has 0 radical (unpaired) electrons. The van der Waals surface area contributed by atoms with Gasteiger partial charge in [0, 0.05) is 7.05 Å². The van der Waals surface area contributed by atoms with E-state index >= 15 is 0 Å². The molecule has 1 rings (SSSR count). The van der Waals surface area contributed by atoms with Gasteiger partial charge in [0.1, 0.15) is 5.76 Å². The van der Waals surface area contributed by atoms with Gasteiger partial charge < -0.3 is 4.42 Å². The summed E-state index contributed by atoms with van der Waals surface area (Å²) in [5.74, 6) is 0.882. The molecule has 120 valence electrons. The van der Waals surface area contributed by atoms with Gasteiger partial charge in [0.25, 0.3) is 0 Å². The molecule has 1 heterocycles. The van der Waals surface area contributed by atoms with Gasteiger partial charge in [-0.3, -0.25) is 14.5 Å². The van der Waals surface area contributed by atoms with E-state index in [4.69, 9.17) is 9.25 Å². The predicted octanol–water partition coefficient (Wildman–Crippen LogP) is 3.32. The molecule has 0 fully saturated rings. The Morgan fingerprint density at radius 2 is 1.81 bits per heavy atom. The Labute approximate surface area is 127 Å². The van der Waals surface area contributed by atoms with Gasteiger partial charge in [-0.15, -0.1) is 0 Å². The van der Waals surface area contributed by atoms with E-state index in [-0.39, 0.29) is 5.91 Å². The van der Waals surface area contributed by atoms with Gasteiger partial charge in [0.2, 0.25) is 0 Å². The first kappa shape index (κ1) is 17.7. The summed E-state index contributed by atoms with van der Waals surface area (Å²) in [5.41, 5.74) is 0. The zero-order valence-electron chi connectivity index (χ0n) is 13.7. The Balaban J connectivity index is 2.62. The molecule has 0 atom stereocenters. The maximum Gasteiger partial charge on any atom is 0.312 e. The van der Waals surface area contributed by atoms with Crippen molar-refractivity contribution in [2.24, 2.45) is 0 Å². The molecule has 0 N–H and O–H groups in total. The van der Waals surface area contributed by atoms with E-state index in [1.165, 1.54) is 32.8 Å². The van der Waals surface area contributed by atoms with Crippen LogP contribution in [0.15, 0.2) is 16.5 Å². The molecular formula is C16H28N2O3. The van der Waals surface area contributed by atoms with E-state index in [9.17, 15) is 4.79 Å². The van der Waals surface area contributed by atoms with E-state index in [1.54, 1.807) is 13.1 Å². The van der Waals surface area contributed by atoms with Gasteiger partial charge in [-0.25, -0.2) is 5.06 Å². The predicted molar refractivity (Wildman–Crippen MR) is 82.9 cm³/mol. The summed E-state index contributed by atoms with van der Waals surface area (Å²) in [6, 6.07) is 3.59. The maximum absolute atomic E-state index is 11.9. The summed E-state index contributed by atoms with van der Waals surface area (Å²) in [7, 11) is 3.03. The Kier molecular flexibility index (Phi) is 8.08. The summed E-state index contributed by atoms with van der Waals surface area (Å²) in [6.07, 6.45) is 4.73. The third kappa shape index (κ3) is 5.89. The van der Waals surface area contributed by atoms with E-state index in [1.807, 2.05) is 6.07 Å². The standard InChI is InChI=1S/C16H28N2O3/c1-5-7-11-18(12-8-6-2)13-14-9-10-15(21-14)16(19)17(3)20-4/h9-10H,5-8,11-13H2,1-4H3. The van der Waals surface area contributed by atoms with Crippen LogP contribution in [0.5, 0.6) is 0 Å². The molecule has 5 heteroatoms. The number of furan rings is 1. The fraction of sp³-hybridized carbons (Fsp3) is 0.688. The fourth-order valence-electron chi connectivity index (χ4n) is 2.07. The number of hydrogen-bond donors (Lipinski definition) is 0. The number of carbonyl (C=O) groups excluding carboxylic acids is 1. The molecule has 1 amide bonds. The lowest BCUT2D eigenvalue weighted by molar-refractivity contribution is -0.0774. The van der Waals surface area contributed by atoms with Crippen LogP contribution < -0.4 is 0 Å². The lowest BCUT2D eigenvalue weighted by Gasteiger charge is -2.20. The summed E-state index contributed by atoms with van der Waals surface area (Å²) in [4.78, 5) is 19.2. The second-order valence-electron chi connectivity index (χ2n) is 5.23. The first-order chi connectivity index (χ1) is 10.1. The van der Waals surface area contributed by atoms with Crippen molar-refractivity contribution in [2.75, 3.05) is 27.2 Å². The molecule has 0 unspecified atom stereocenters. The molecule has 1 aromatic heterocycles. The van der Waals surface area contributed by atoms with E-state index < -0.39 is 0 Å². The molecule has 0 aliphatic rings. The molecule has 0 saturated carbocycles. The SMILES string of the molecule is CCCCN(CCCC)Cc1ccc(C(=O)N(C)OC)o1. The van der Waals surface area contributed by atoms with Crippen molar-refractivity contribution in [3.63, 3.8) is 0 Å². The van der Waals surface area contributed by atoms with Crippen LogP contribution in [0.1, 0.15) is 55.8 Å². The van der Waals surface area contributed by atoms with Gasteiger partial charge in [0.05, 0.1) is 13.7 Å². The second-order valence-corrected chi connectivity index (χ2v) is 5.23. The summed E-state index contributed by atoms with van der Waals surface area (Å²) in [5, 5.41) is 1.16. The summed E-state index contributed by atoms with van der Waals surface area (Å²) in [6.45, 7) is 7.28. The molecule has 0 aromatic carbocycles. The molecule has 1 aromatic rings. The quantitative estimate of drug-likeness (QED) is 0.621. The lowest BCUT2D eigenvalue weighted by Crippen LogP contribution is -2.26. The highest BCUT2D eigenvalue weighted by atomic mass is 16.7. The van der Waals surface area contributed by atoms with Crippen LogP contribution in [0.2, 0.25) is 0 Å². The largest absolute Gasteiger partial charge is 0.454 e. The van der Waals surface area contributed by atoms with Crippen molar-refractivity contribution in [3.8, 4) is 0 Å². The number of nitrogens with zero attached hydrogens (tertiary/aromatic N) is 2. The van der Waals surface area contributed by atoms with Gasteiger partial charge >= 0.3 is 5.91 Å². The van der Waals surface area contributed by atoms with E-state index in [2.05, 4.69) is 18.7 Å². The maximum atomic E-state index is 11.9. The first-order valence-corrected chi connectivity index (χ1v) is 7.75. The Morgan fingerprint density at radius 3 is 2.33 bits per heavy atom. The van der Waals surface area contributed by atoms with Crippen molar-refractivity contribution in [3.05, 3.63) is 23.7 Å². The molecular weight excluding hydrogens is 268 g/mol. The zero-order chi connectivity index (χ0) is 15.7. The van der Waals surface area contributed by atoms with Crippen LogP contribution in [0, 0.1) is 0 Å². The second kappa shape index (κ2) is 9.58. The van der Waals surface area contributed by atoms with Crippen LogP contribution in [0.4, 0.5) is 0 Å². The Hall–Kier alpha value is -1.33. The van der Waals surface area contributed by atoms with Crippen molar-refractivity contribution in [1.29, 1.82) is 0 Å². The highest BCUT2D eigenvalue weighted by molar-refractivity contribution is 5.90. The monoisotopic (exact) mass is 296 g/mol. The zero-order valence-corrected chi connectivity index (χ0v) is 13.7. The molecule has 5 nitrogen and oxygen atoms in total. The van der Waals surface area contributed by atoms with E-state index in [0.29, 0.717) is 5.76 Å². The summed E-state index contributed by atoms with van der Waals surface area (Å²) < 4.78 is 5.65. The van der Waals surface area contributed by atoms with Crippen LogP contribution in [-0.4, -0.2) is 43.1 Å². The minimum absolute atomic E-state index is 0.266. The smallest absolute Gasteiger partial charge is 0.312 e. The minimum Gasteiger partial charge on any atom is -0.454 e. The number of hydrogen-bond acceptors (Lipinski definition) is 4. The van der Waals surface area contributed by atoms with Gasteiger partial charge in [-0.2, -0.15) is 0 Å². The third-order valence-electron chi connectivity index (χ3n) is 3.47. The van der Waals surface area contributed by atoms with Crippen molar-refractivity contribution in [1.82, 2.24) is 9.96 Å². The Bertz CT molecular complexity index is 409. The van der Waals surface area contributed by atoms with Crippen LogP contribution in [0.3, 0.4) is 0 Å².